The molecule has 1 unspecified atom stereocenters. The summed E-state index contributed by atoms with van der Waals surface area (Å²) in [5.74, 6) is 0.0896. The summed E-state index contributed by atoms with van der Waals surface area (Å²) >= 11 is 2.21. The maximum atomic E-state index is 12.1. The fourth-order valence-corrected chi connectivity index (χ4v) is 2.34. The van der Waals surface area contributed by atoms with Crippen LogP contribution in [0.15, 0.2) is 24.3 Å². The minimum Gasteiger partial charge on any atom is -0.395 e. The normalized spacial score (nSPS) is 20.9. The Kier molecular flexibility index (Phi) is 5.11. The Balaban J connectivity index is 1.99. The van der Waals surface area contributed by atoms with Crippen molar-refractivity contribution in [3.8, 4) is 0 Å². The van der Waals surface area contributed by atoms with Crippen LogP contribution in [0, 0.1) is 3.57 Å². The van der Waals surface area contributed by atoms with Gasteiger partial charge in [-0.15, -0.1) is 0 Å². The topological polar surface area (TPSA) is 49.8 Å². The fraction of sp³-hybridized carbons (Fsp3) is 0.462. The van der Waals surface area contributed by atoms with Crippen LogP contribution in [0.3, 0.4) is 0 Å². The van der Waals surface area contributed by atoms with Crippen molar-refractivity contribution in [1.29, 1.82) is 0 Å². The fourth-order valence-electron chi connectivity index (χ4n) is 1.98. The molecule has 0 spiro atoms. The molecular weight excluding hydrogens is 345 g/mol. The number of ketones is 1. The van der Waals surface area contributed by atoms with Gasteiger partial charge < -0.3 is 9.84 Å². The molecule has 1 heterocycles. The molecule has 1 fully saturated rings. The smallest absolute Gasteiger partial charge is 0.176 e. The van der Waals surface area contributed by atoms with Gasteiger partial charge in [-0.25, -0.2) is 0 Å². The summed E-state index contributed by atoms with van der Waals surface area (Å²) in [4.78, 5) is 14.1. The van der Waals surface area contributed by atoms with Crippen molar-refractivity contribution >= 4 is 28.4 Å². The van der Waals surface area contributed by atoms with Crippen molar-refractivity contribution in [3.05, 3.63) is 33.4 Å². The zero-order valence-corrected chi connectivity index (χ0v) is 12.2. The molecule has 1 aromatic rings. The second-order valence-corrected chi connectivity index (χ2v) is 5.56. The maximum Gasteiger partial charge on any atom is 0.176 e. The zero-order valence-electron chi connectivity index (χ0n) is 10.0. The van der Waals surface area contributed by atoms with Gasteiger partial charge in [-0.05, 0) is 34.7 Å². The predicted molar refractivity (Wildman–Crippen MR) is 76.8 cm³/mol. The maximum absolute atomic E-state index is 12.1. The Morgan fingerprint density at radius 3 is 2.83 bits per heavy atom. The number of morpholine rings is 1. The van der Waals surface area contributed by atoms with E-state index in [0.29, 0.717) is 26.3 Å². The number of ether oxygens (including phenoxy) is 1. The van der Waals surface area contributed by atoms with E-state index in [1.807, 2.05) is 29.2 Å². The van der Waals surface area contributed by atoms with E-state index in [-0.39, 0.29) is 18.4 Å². The average Bonchev–Trinajstić information content (AvgIpc) is 2.40. The van der Waals surface area contributed by atoms with E-state index in [2.05, 4.69) is 22.6 Å². The van der Waals surface area contributed by atoms with Crippen LogP contribution in [0.1, 0.15) is 10.4 Å². The third-order valence-corrected chi connectivity index (χ3v) is 3.79. The summed E-state index contributed by atoms with van der Waals surface area (Å²) in [7, 11) is 0. The van der Waals surface area contributed by atoms with Gasteiger partial charge in [0.2, 0.25) is 0 Å². The summed E-state index contributed by atoms with van der Waals surface area (Å²) in [6.45, 7) is 2.18. The van der Waals surface area contributed by atoms with Gasteiger partial charge in [-0.1, -0.05) is 12.1 Å². The lowest BCUT2D eigenvalue weighted by Crippen LogP contribution is -2.49. The molecule has 1 aliphatic heterocycles. The molecule has 0 aliphatic carbocycles. The van der Waals surface area contributed by atoms with Gasteiger partial charge in [0.1, 0.15) is 0 Å². The SMILES string of the molecule is O=C(CN1CCOCC1CO)c1ccc(I)cc1. The number of hydrogen-bond acceptors (Lipinski definition) is 4. The van der Waals surface area contributed by atoms with Gasteiger partial charge >= 0.3 is 0 Å². The highest BCUT2D eigenvalue weighted by atomic mass is 127. The van der Waals surface area contributed by atoms with E-state index in [1.54, 1.807) is 0 Å². The molecule has 1 aliphatic rings. The number of nitrogens with zero attached hydrogens (tertiary/aromatic N) is 1. The lowest BCUT2D eigenvalue weighted by Gasteiger charge is -2.33. The van der Waals surface area contributed by atoms with Crippen LogP contribution >= 0.6 is 22.6 Å². The average molecular weight is 361 g/mol. The van der Waals surface area contributed by atoms with Gasteiger partial charge in [-0.2, -0.15) is 0 Å². The van der Waals surface area contributed by atoms with Gasteiger partial charge in [0.25, 0.3) is 0 Å². The number of hydrogen-bond donors (Lipinski definition) is 1. The molecular formula is C13H16INO3. The molecule has 18 heavy (non-hydrogen) atoms. The number of Topliss-reactive ketones (excluding diaryl/α,β-unsaturated/α-hetero) is 1. The summed E-state index contributed by atoms with van der Waals surface area (Å²) in [6.07, 6.45) is 0. The van der Waals surface area contributed by atoms with Crippen LogP contribution in [0.5, 0.6) is 0 Å². The molecule has 98 valence electrons. The van der Waals surface area contributed by atoms with Crippen LogP contribution in [0.2, 0.25) is 0 Å². The number of aliphatic hydroxyl groups is 1. The van der Waals surface area contributed by atoms with Crippen LogP contribution in [-0.2, 0) is 4.74 Å². The highest BCUT2D eigenvalue weighted by Gasteiger charge is 2.24. The van der Waals surface area contributed by atoms with Crippen LogP contribution in [0.4, 0.5) is 0 Å². The van der Waals surface area contributed by atoms with E-state index in [1.165, 1.54) is 0 Å². The van der Waals surface area contributed by atoms with Crippen molar-refractivity contribution in [2.45, 2.75) is 6.04 Å². The number of halogens is 1. The summed E-state index contributed by atoms with van der Waals surface area (Å²) in [5, 5.41) is 9.25. The van der Waals surface area contributed by atoms with Crippen molar-refractivity contribution < 1.29 is 14.6 Å². The van der Waals surface area contributed by atoms with Gasteiger partial charge in [0.15, 0.2) is 5.78 Å². The highest BCUT2D eigenvalue weighted by molar-refractivity contribution is 14.1. The first-order valence-electron chi connectivity index (χ1n) is 5.92. The number of benzene rings is 1. The lowest BCUT2D eigenvalue weighted by molar-refractivity contribution is -0.0240. The van der Waals surface area contributed by atoms with Crippen molar-refractivity contribution in [3.63, 3.8) is 0 Å². The Morgan fingerprint density at radius 1 is 1.44 bits per heavy atom. The number of rotatable bonds is 4. The second kappa shape index (κ2) is 6.60. The summed E-state index contributed by atoms with van der Waals surface area (Å²) in [5.41, 5.74) is 0.721. The van der Waals surface area contributed by atoms with E-state index in [4.69, 9.17) is 4.74 Å². The molecule has 0 saturated carbocycles. The Bertz CT molecular complexity index is 407. The van der Waals surface area contributed by atoms with E-state index in [0.717, 1.165) is 9.13 Å². The second-order valence-electron chi connectivity index (χ2n) is 4.31. The van der Waals surface area contributed by atoms with E-state index in [9.17, 15) is 9.90 Å². The summed E-state index contributed by atoms with van der Waals surface area (Å²) < 4.78 is 6.41. The van der Waals surface area contributed by atoms with Crippen LogP contribution in [0.25, 0.3) is 0 Å². The Hall–Kier alpha value is -0.500. The first kappa shape index (κ1) is 13.9. The quantitative estimate of drug-likeness (QED) is 0.646. The predicted octanol–water partition coefficient (Wildman–Crippen LogP) is 1.17. The van der Waals surface area contributed by atoms with Crippen LogP contribution < -0.4 is 0 Å². The van der Waals surface area contributed by atoms with Crippen LogP contribution in [-0.4, -0.2) is 54.7 Å². The number of carbonyl (C=O) groups is 1. The van der Waals surface area contributed by atoms with Crippen molar-refractivity contribution in [2.75, 3.05) is 32.9 Å². The third-order valence-electron chi connectivity index (χ3n) is 3.07. The lowest BCUT2D eigenvalue weighted by atomic mass is 10.1. The largest absolute Gasteiger partial charge is 0.395 e. The molecule has 2 rings (SSSR count). The molecule has 1 atom stereocenters. The van der Waals surface area contributed by atoms with E-state index >= 15 is 0 Å². The molecule has 4 nitrogen and oxygen atoms in total. The molecule has 0 radical (unpaired) electrons. The van der Waals surface area contributed by atoms with Crippen molar-refractivity contribution in [1.82, 2.24) is 4.90 Å². The minimum atomic E-state index is -0.0634. The number of aliphatic hydroxyl groups excluding tert-OH is 1. The zero-order chi connectivity index (χ0) is 13.0. The first-order valence-corrected chi connectivity index (χ1v) is 7.00. The summed E-state index contributed by atoms with van der Waals surface area (Å²) in [6, 6.07) is 7.48. The van der Waals surface area contributed by atoms with Gasteiger partial charge in [0.05, 0.1) is 32.4 Å². The molecule has 1 N–H and O–H groups in total. The standard InChI is InChI=1S/C13H16INO3/c14-11-3-1-10(2-4-11)13(17)7-15-5-6-18-9-12(15)8-16/h1-4,12,16H,5-9H2. The van der Waals surface area contributed by atoms with E-state index < -0.39 is 0 Å². The van der Waals surface area contributed by atoms with Gasteiger partial charge in [-0.3, -0.25) is 9.69 Å². The number of carbonyl (C=O) groups excluding carboxylic acids is 1. The molecule has 0 bridgehead atoms. The Morgan fingerprint density at radius 2 is 2.17 bits per heavy atom. The molecule has 1 saturated heterocycles. The molecule has 0 amide bonds. The first-order chi connectivity index (χ1) is 8.70. The minimum absolute atomic E-state index is 0.0277. The molecule has 0 aromatic heterocycles. The molecule has 5 heteroatoms. The van der Waals surface area contributed by atoms with Crippen molar-refractivity contribution in [2.24, 2.45) is 0 Å². The Labute approximate surface area is 120 Å². The molecule has 1 aromatic carbocycles. The monoisotopic (exact) mass is 361 g/mol. The van der Waals surface area contributed by atoms with Gasteiger partial charge in [0, 0.05) is 15.7 Å². The highest BCUT2D eigenvalue weighted by Crippen LogP contribution is 2.11. The third kappa shape index (κ3) is 3.50.